The molecule has 1 aliphatic carbocycles. The lowest BCUT2D eigenvalue weighted by Crippen LogP contribution is -2.53. The number of carbonyl (C=O) groups excluding carboxylic acids is 1. The van der Waals surface area contributed by atoms with Crippen molar-refractivity contribution in [1.82, 2.24) is 0 Å². The van der Waals surface area contributed by atoms with Crippen molar-refractivity contribution in [3.63, 3.8) is 0 Å². The Kier molecular flexibility index (Phi) is 3.22. The molecule has 0 atom stereocenters. The van der Waals surface area contributed by atoms with E-state index in [-0.39, 0.29) is 5.97 Å². The first-order valence-electron chi connectivity index (χ1n) is 6.05. The lowest BCUT2D eigenvalue weighted by molar-refractivity contribution is -0.150. The third kappa shape index (κ3) is 2.09. The number of nitrogens with two attached hydrogens (primary N) is 1. The lowest BCUT2D eigenvalue weighted by Gasteiger charge is -2.45. The smallest absolute Gasteiger partial charge is 0.325 e. The molecule has 2 fully saturated rings. The molecule has 16 heavy (non-hydrogen) atoms. The first-order valence-corrected chi connectivity index (χ1v) is 6.05. The topological polar surface area (TPSA) is 61.5 Å². The molecule has 0 bridgehead atoms. The zero-order valence-corrected chi connectivity index (χ0v) is 9.96. The number of hydrogen-bond acceptors (Lipinski definition) is 4. The van der Waals surface area contributed by atoms with Gasteiger partial charge in [-0.25, -0.2) is 0 Å². The molecule has 1 saturated carbocycles. The highest BCUT2D eigenvalue weighted by molar-refractivity contribution is 5.80. The predicted octanol–water partition coefficient (Wildman–Crippen LogP) is 1.23. The first-order chi connectivity index (χ1) is 7.60. The van der Waals surface area contributed by atoms with Crippen molar-refractivity contribution in [2.24, 2.45) is 11.1 Å². The van der Waals surface area contributed by atoms with Crippen LogP contribution in [0.2, 0.25) is 0 Å². The molecule has 1 aliphatic heterocycles. The zero-order chi connectivity index (χ0) is 11.6. The van der Waals surface area contributed by atoms with Gasteiger partial charge in [-0.05, 0) is 43.9 Å². The zero-order valence-electron chi connectivity index (χ0n) is 9.96. The summed E-state index contributed by atoms with van der Waals surface area (Å²) in [5.41, 5.74) is 5.74. The molecule has 0 aromatic heterocycles. The van der Waals surface area contributed by atoms with Crippen molar-refractivity contribution < 1.29 is 14.3 Å². The van der Waals surface area contributed by atoms with E-state index in [4.69, 9.17) is 15.2 Å². The molecule has 1 saturated heterocycles. The highest BCUT2D eigenvalue weighted by Gasteiger charge is 2.45. The van der Waals surface area contributed by atoms with Crippen LogP contribution in [0.1, 0.15) is 38.5 Å². The average molecular weight is 227 g/mol. The second-order valence-corrected chi connectivity index (χ2v) is 5.26. The van der Waals surface area contributed by atoms with Crippen LogP contribution in [0.25, 0.3) is 0 Å². The van der Waals surface area contributed by atoms with E-state index in [1.807, 2.05) is 0 Å². The summed E-state index contributed by atoms with van der Waals surface area (Å²) in [5.74, 6) is -0.255. The van der Waals surface area contributed by atoms with Crippen LogP contribution < -0.4 is 5.73 Å². The Morgan fingerprint density at radius 2 is 1.69 bits per heavy atom. The maximum absolute atomic E-state index is 11.6. The third-order valence-electron chi connectivity index (χ3n) is 4.35. The van der Waals surface area contributed by atoms with Crippen LogP contribution >= 0.6 is 0 Å². The molecule has 0 unspecified atom stereocenters. The molecule has 4 nitrogen and oxygen atoms in total. The van der Waals surface area contributed by atoms with E-state index < -0.39 is 5.54 Å². The van der Waals surface area contributed by atoms with Crippen molar-refractivity contribution in [2.75, 3.05) is 20.3 Å². The summed E-state index contributed by atoms with van der Waals surface area (Å²) in [6, 6.07) is 0. The first kappa shape index (κ1) is 11.9. The van der Waals surface area contributed by atoms with Gasteiger partial charge in [-0.3, -0.25) is 4.79 Å². The number of rotatable bonds is 1. The van der Waals surface area contributed by atoms with Crippen LogP contribution in [-0.2, 0) is 14.3 Å². The number of hydrogen-bond donors (Lipinski definition) is 1. The quantitative estimate of drug-likeness (QED) is 0.684. The van der Waals surface area contributed by atoms with Gasteiger partial charge in [0.05, 0.1) is 7.11 Å². The summed E-state index contributed by atoms with van der Waals surface area (Å²) in [7, 11) is 1.41. The summed E-state index contributed by atoms with van der Waals surface area (Å²) >= 11 is 0. The largest absolute Gasteiger partial charge is 0.468 e. The van der Waals surface area contributed by atoms with Crippen molar-refractivity contribution in [2.45, 2.75) is 44.1 Å². The van der Waals surface area contributed by atoms with Crippen molar-refractivity contribution in [1.29, 1.82) is 0 Å². The van der Waals surface area contributed by atoms with E-state index in [1.165, 1.54) is 7.11 Å². The van der Waals surface area contributed by atoms with Gasteiger partial charge in [-0.2, -0.15) is 0 Å². The van der Waals surface area contributed by atoms with Crippen molar-refractivity contribution >= 4 is 5.97 Å². The number of carbonyl (C=O) groups is 1. The monoisotopic (exact) mass is 227 g/mol. The Bertz CT molecular complexity index is 261. The molecule has 0 amide bonds. The molecule has 2 N–H and O–H groups in total. The van der Waals surface area contributed by atoms with E-state index >= 15 is 0 Å². The van der Waals surface area contributed by atoms with Gasteiger partial charge in [-0.15, -0.1) is 0 Å². The molecule has 0 aromatic rings. The van der Waals surface area contributed by atoms with Crippen LogP contribution in [0.4, 0.5) is 0 Å². The van der Waals surface area contributed by atoms with E-state index in [0.717, 1.165) is 51.7 Å². The SMILES string of the molecule is COC(=O)C1(N)CCC2(CCOCC2)CC1. The number of methoxy groups -OCH3 is 1. The molecular formula is C12H21NO3. The summed E-state index contributed by atoms with van der Waals surface area (Å²) in [6.45, 7) is 1.71. The lowest BCUT2D eigenvalue weighted by atomic mass is 9.64. The Labute approximate surface area is 96.5 Å². The minimum absolute atomic E-state index is 0.255. The number of esters is 1. The van der Waals surface area contributed by atoms with Crippen LogP contribution in [0.3, 0.4) is 0 Å². The fourth-order valence-electron chi connectivity index (χ4n) is 2.94. The van der Waals surface area contributed by atoms with Crippen molar-refractivity contribution in [3.8, 4) is 0 Å². The van der Waals surface area contributed by atoms with E-state index in [9.17, 15) is 4.79 Å². The molecule has 0 aromatic carbocycles. The average Bonchev–Trinajstić information content (AvgIpc) is 2.34. The van der Waals surface area contributed by atoms with E-state index in [2.05, 4.69) is 0 Å². The third-order valence-corrected chi connectivity index (χ3v) is 4.35. The minimum Gasteiger partial charge on any atom is -0.468 e. The van der Waals surface area contributed by atoms with Gasteiger partial charge < -0.3 is 15.2 Å². The molecule has 2 rings (SSSR count). The van der Waals surface area contributed by atoms with Gasteiger partial charge in [0.25, 0.3) is 0 Å². The van der Waals surface area contributed by atoms with Gasteiger partial charge in [-0.1, -0.05) is 0 Å². The second kappa shape index (κ2) is 4.34. The Hall–Kier alpha value is -0.610. The van der Waals surface area contributed by atoms with E-state index in [1.54, 1.807) is 0 Å². The summed E-state index contributed by atoms with van der Waals surface area (Å²) in [4.78, 5) is 11.6. The Morgan fingerprint density at radius 1 is 1.12 bits per heavy atom. The minimum atomic E-state index is -0.738. The molecule has 0 radical (unpaired) electrons. The summed E-state index contributed by atoms with van der Waals surface area (Å²) < 4.78 is 10.2. The van der Waals surface area contributed by atoms with Gasteiger partial charge in [0.1, 0.15) is 5.54 Å². The predicted molar refractivity (Wildman–Crippen MR) is 59.9 cm³/mol. The molecule has 2 aliphatic rings. The maximum Gasteiger partial charge on any atom is 0.325 e. The fourth-order valence-corrected chi connectivity index (χ4v) is 2.94. The van der Waals surface area contributed by atoms with Gasteiger partial charge in [0.2, 0.25) is 0 Å². The Balaban J connectivity index is 1.97. The van der Waals surface area contributed by atoms with E-state index in [0.29, 0.717) is 5.41 Å². The van der Waals surface area contributed by atoms with Gasteiger partial charge in [0, 0.05) is 13.2 Å². The number of ether oxygens (including phenoxy) is 2. The highest BCUT2D eigenvalue weighted by Crippen LogP contribution is 2.46. The second-order valence-electron chi connectivity index (χ2n) is 5.26. The Morgan fingerprint density at radius 3 is 2.19 bits per heavy atom. The van der Waals surface area contributed by atoms with Crippen LogP contribution in [0.5, 0.6) is 0 Å². The highest BCUT2D eigenvalue weighted by atomic mass is 16.5. The van der Waals surface area contributed by atoms with Crippen molar-refractivity contribution in [3.05, 3.63) is 0 Å². The molecule has 1 heterocycles. The standard InChI is InChI=1S/C12H21NO3/c1-15-10(14)12(13)4-2-11(3-5-12)6-8-16-9-7-11/h2-9,13H2,1H3. The summed E-state index contributed by atoms with van der Waals surface area (Å²) in [5, 5.41) is 0. The molecule has 4 heteroatoms. The van der Waals surface area contributed by atoms with Gasteiger partial charge >= 0.3 is 5.97 Å². The summed E-state index contributed by atoms with van der Waals surface area (Å²) in [6.07, 6.45) is 5.79. The molecular weight excluding hydrogens is 206 g/mol. The fraction of sp³-hybridized carbons (Fsp3) is 0.917. The van der Waals surface area contributed by atoms with Crippen LogP contribution in [-0.4, -0.2) is 31.8 Å². The van der Waals surface area contributed by atoms with Gasteiger partial charge in [0.15, 0.2) is 0 Å². The normalized spacial score (nSPS) is 27.6. The maximum atomic E-state index is 11.6. The van der Waals surface area contributed by atoms with Crippen LogP contribution in [0.15, 0.2) is 0 Å². The van der Waals surface area contributed by atoms with Crippen LogP contribution in [0, 0.1) is 5.41 Å². The molecule has 92 valence electrons. The molecule has 1 spiro atoms.